The maximum atomic E-state index is 13.1. The number of rotatable bonds is 6. The Labute approximate surface area is 180 Å². The van der Waals surface area contributed by atoms with Crippen LogP contribution in [0.2, 0.25) is 0 Å². The van der Waals surface area contributed by atoms with Crippen molar-refractivity contribution in [3.63, 3.8) is 0 Å². The van der Waals surface area contributed by atoms with Crippen molar-refractivity contribution in [3.05, 3.63) is 23.8 Å². The van der Waals surface area contributed by atoms with Gasteiger partial charge in [0.05, 0.1) is 0 Å². The van der Waals surface area contributed by atoms with Gasteiger partial charge in [-0.3, -0.25) is 9.59 Å². The summed E-state index contributed by atoms with van der Waals surface area (Å²) in [5, 5.41) is 2.57. The zero-order valence-corrected chi connectivity index (χ0v) is 18.2. The van der Waals surface area contributed by atoms with Gasteiger partial charge >= 0.3 is 6.18 Å². The zero-order chi connectivity index (χ0) is 22.8. The fraction of sp³-hybridized carbons (Fsp3) is 0.714. The standard InChI is InChI=1S/C21H30F3N5O2/c1-4-5-13-12-14(28(2)3)6-7-17(13)29-11-9-16(19(29)31)26-18(30)15-8-10-25-20(27-15)21(22,23)24/h8,10,13-14,16-17H,4-7,9,11-12H2,1-3H3,(H,26,30)/t13-,14-,16?,17+/m1/s1. The Balaban J connectivity index is 1.66. The van der Waals surface area contributed by atoms with Crippen molar-refractivity contribution in [2.24, 2.45) is 5.92 Å². The van der Waals surface area contributed by atoms with Crippen LogP contribution in [0.5, 0.6) is 0 Å². The fourth-order valence-corrected chi connectivity index (χ4v) is 4.80. The minimum Gasteiger partial charge on any atom is -0.339 e. The predicted octanol–water partition coefficient (Wildman–Crippen LogP) is 2.73. The van der Waals surface area contributed by atoms with Gasteiger partial charge in [-0.05, 0) is 58.2 Å². The van der Waals surface area contributed by atoms with Crippen LogP contribution in [0.15, 0.2) is 12.3 Å². The largest absolute Gasteiger partial charge is 0.451 e. The molecule has 1 saturated heterocycles. The number of alkyl halides is 3. The Kier molecular flexibility index (Phi) is 7.18. The van der Waals surface area contributed by atoms with Crippen LogP contribution in [0.25, 0.3) is 0 Å². The molecule has 31 heavy (non-hydrogen) atoms. The molecule has 1 aromatic rings. The highest BCUT2D eigenvalue weighted by Gasteiger charge is 2.42. The molecule has 2 heterocycles. The molecule has 4 atom stereocenters. The molecule has 1 N–H and O–H groups in total. The lowest BCUT2D eigenvalue weighted by Gasteiger charge is -2.43. The van der Waals surface area contributed by atoms with E-state index < -0.39 is 29.6 Å². The number of carbonyl (C=O) groups is 2. The van der Waals surface area contributed by atoms with Gasteiger partial charge in [0.15, 0.2) is 0 Å². The van der Waals surface area contributed by atoms with Crippen molar-refractivity contribution in [2.75, 3.05) is 20.6 Å². The van der Waals surface area contributed by atoms with E-state index in [2.05, 4.69) is 41.2 Å². The van der Waals surface area contributed by atoms with E-state index in [0.29, 0.717) is 24.9 Å². The molecule has 0 bridgehead atoms. The van der Waals surface area contributed by atoms with E-state index in [-0.39, 0.29) is 11.9 Å². The number of hydrogen-bond donors (Lipinski definition) is 1. The van der Waals surface area contributed by atoms with Crippen LogP contribution in [0.4, 0.5) is 13.2 Å². The highest BCUT2D eigenvalue weighted by molar-refractivity contribution is 5.96. The summed E-state index contributed by atoms with van der Waals surface area (Å²) in [5.74, 6) is -1.93. The van der Waals surface area contributed by atoms with Crippen LogP contribution < -0.4 is 5.32 Å². The smallest absolute Gasteiger partial charge is 0.339 e. The quantitative estimate of drug-likeness (QED) is 0.735. The first kappa shape index (κ1) is 23.4. The van der Waals surface area contributed by atoms with Crippen molar-refractivity contribution in [2.45, 2.75) is 69.8 Å². The molecule has 172 valence electrons. The van der Waals surface area contributed by atoms with Crippen LogP contribution in [0.1, 0.15) is 61.8 Å². The number of carbonyl (C=O) groups excluding carboxylic acids is 2. The SMILES string of the molecule is CCC[C@@H]1C[C@H](N(C)C)CC[C@@H]1N1CCC(NC(=O)c2ccnc(C(F)(F)F)n2)C1=O. The number of halogens is 3. The van der Waals surface area contributed by atoms with Gasteiger partial charge in [0.2, 0.25) is 11.7 Å². The third kappa shape index (κ3) is 5.34. The first-order valence-corrected chi connectivity index (χ1v) is 10.8. The molecule has 1 aromatic heterocycles. The zero-order valence-electron chi connectivity index (χ0n) is 18.2. The molecule has 2 fully saturated rings. The second-order valence-electron chi connectivity index (χ2n) is 8.66. The summed E-state index contributed by atoms with van der Waals surface area (Å²) in [7, 11) is 4.16. The van der Waals surface area contributed by atoms with Crippen molar-refractivity contribution < 1.29 is 22.8 Å². The summed E-state index contributed by atoms with van der Waals surface area (Å²) >= 11 is 0. The first-order chi connectivity index (χ1) is 14.6. The minimum atomic E-state index is -4.74. The van der Waals surface area contributed by atoms with Crippen LogP contribution in [0, 0.1) is 5.92 Å². The van der Waals surface area contributed by atoms with Gasteiger partial charge in [-0.1, -0.05) is 13.3 Å². The number of nitrogens with one attached hydrogen (secondary N) is 1. The maximum absolute atomic E-state index is 13.1. The van der Waals surface area contributed by atoms with Crippen LogP contribution in [-0.4, -0.2) is 70.3 Å². The lowest BCUT2D eigenvalue weighted by atomic mass is 9.78. The van der Waals surface area contributed by atoms with Gasteiger partial charge in [0.25, 0.3) is 5.91 Å². The number of nitrogens with zero attached hydrogens (tertiary/aromatic N) is 4. The number of likely N-dealkylation sites (tertiary alicyclic amines) is 1. The second kappa shape index (κ2) is 9.50. The Morgan fingerprint density at radius 3 is 2.68 bits per heavy atom. The molecule has 1 unspecified atom stereocenters. The lowest BCUT2D eigenvalue weighted by molar-refractivity contribution is -0.145. The normalized spacial score (nSPS) is 27.1. The van der Waals surface area contributed by atoms with Gasteiger partial charge < -0.3 is 15.1 Å². The van der Waals surface area contributed by atoms with Crippen LogP contribution in [-0.2, 0) is 11.0 Å². The monoisotopic (exact) mass is 441 g/mol. The third-order valence-corrected chi connectivity index (χ3v) is 6.39. The minimum absolute atomic E-state index is 0.140. The third-order valence-electron chi connectivity index (χ3n) is 6.39. The van der Waals surface area contributed by atoms with Gasteiger partial charge in [-0.15, -0.1) is 0 Å². The van der Waals surface area contributed by atoms with Crippen molar-refractivity contribution in [1.29, 1.82) is 0 Å². The summed E-state index contributed by atoms with van der Waals surface area (Å²) < 4.78 is 38.4. The molecular weight excluding hydrogens is 411 g/mol. The van der Waals surface area contributed by atoms with Crippen LogP contribution >= 0.6 is 0 Å². The Hall–Kier alpha value is -2.23. The molecule has 0 aromatic carbocycles. The average Bonchev–Trinajstić information content (AvgIpc) is 3.07. The van der Waals surface area contributed by atoms with E-state index in [9.17, 15) is 22.8 Å². The van der Waals surface area contributed by atoms with Gasteiger partial charge in [-0.2, -0.15) is 13.2 Å². The highest BCUT2D eigenvalue weighted by atomic mass is 19.4. The molecule has 7 nitrogen and oxygen atoms in total. The van der Waals surface area contributed by atoms with Gasteiger partial charge in [0.1, 0.15) is 11.7 Å². The Morgan fingerprint density at radius 2 is 2.03 bits per heavy atom. The Morgan fingerprint density at radius 1 is 1.29 bits per heavy atom. The van der Waals surface area contributed by atoms with E-state index >= 15 is 0 Å². The van der Waals surface area contributed by atoms with Crippen LogP contribution in [0.3, 0.4) is 0 Å². The fourth-order valence-electron chi connectivity index (χ4n) is 4.80. The van der Waals surface area contributed by atoms with Gasteiger partial charge in [-0.25, -0.2) is 9.97 Å². The topological polar surface area (TPSA) is 78.4 Å². The molecular formula is C21H30F3N5O2. The number of hydrogen-bond acceptors (Lipinski definition) is 5. The molecule has 2 amide bonds. The molecule has 2 aliphatic rings. The molecule has 1 aliphatic heterocycles. The van der Waals surface area contributed by atoms with E-state index in [1.807, 2.05) is 4.90 Å². The summed E-state index contributed by atoms with van der Waals surface area (Å²) in [6.45, 7) is 2.68. The van der Waals surface area contributed by atoms with Crippen molar-refractivity contribution in [3.8, 4) is 0 Å². The van der Waals surface area contributed by atoms with E-state index in [1.165, 1.54) is 0 Å². The molecule has 0 radical (unpaired) electrons. The highest BCUT2D eigenvalue weighted by Crippen LogP contribution is 2.35. The number of aromatic nitrogens is 2. The Bertz CT molecular complexity index is 801. The van der Waals surface area contributed by atoms with E-state index in [1.54, 1.807) is 0 Å². The molecule has 0 spiro atoms. The summed E-state index contributed by atoms with van der Waals surface area (Å²) in [4.78, 5) is 36.1. The molecule has 1 saturated carbocycles. The molecule has 1 aliphatic carbocycles. The first-order valence-electron chi connectivity index (χ1n) is 10.8. The average molecular weight is 441 g/mol. The summed E-state index contributed by atoms with van der Waals surface area (Å²) in [5.41, 5.74) is -0.399. The predicted molar refractivity (Wildman–Crippen MR) is 108 cm³/mol. The van der Waals surface area contributed by atoms with E-state index in [0.717, 1.165) is 44.4 Å². The number of amides is 2. The van der Waals surface area contributed by atoms with Crippen molar-refractivity contribution >= 4 is 11.8 Å². The molecule has 10 heteroatoms. The molecule has 3 rings (SSSR count). The maximum Gasteiger partial charge on any atom is 0.451 e. The second-order valence-corrected chi connectivity index (χ2v) is 8.66. The van der Waals surface area contributed by atoms with Gasteiger partial charge in [0, 0.05) is 24.8 Å². The summed E-state index contributed by atoms with van der Waals surface area (Å²) in [6, 6.07) is 1.01. The summed E-state index contributed by atoms with van der Waals surface area (Å²) in [6.07, 6.45) is 1.64. The van der Waals surface area contributed by atoms with E-state index in [4.69, 9.17) is 0 Å². The lowest BCUT2D eigenvalue weighted by Crippen LogP contribution is -2.50. The van der Waals surface area contributed by atoms with Crippen molar-refractivity contribution in [1.82, 2.24) is 25.1 Å².